The zero-order chi connectivity index (χ0) is 12.8. The molecule has 1 rings (SSSR count). The van der Waals surface area contributed by atoms with E-state index in [4.69, 9.17) is 0 Å². The maximum Gasteiger partial charge on any atom is 0.251 e. The molecule has 4 nitrogen and oxygen atoms in total. The van der Waals surface area contributed by atoms with E-state index >= 15 is 0 Å². The molecule has 5 heteroatoms. The van der Waals surface area contributed by atoms with Crippen molar-refractivity contribution in [1.29, 1.82) is 0 Å². The van der Waals surface area contributed by atoms with E-state index in [2.05, 4.69) is 23.3 Å². The number of carbonyl (C=O) groups excluding carboxylic acids is 2. The third kappa shape index (κ3) is 4.11. The SMILES string of the molecule is CNC(=O)CCNC(=O)c1cc(S)ccc1C. The maximum absolute atomic E-state index is 11.8. The molecule has 1 aromatic rings. The van der Waals surface area contributed by atoms with E-state index < -0.39 is 0 Å². The van der Waals surface area contributed by atoms with Gasteiger partial charge in [-0.1, -0.05) is 6.07 Å². The van der Waals surface area contributed by atoms with Crippen molar-refractivity contribution < 1.29 is 9.59 Å². The number of thiol groups is 1. The van der Waals surface area contributed by atoms with Gasteiger partial charge in [0, 0.05) is 30.5 Å². The Labute approximate surface area is 106 Å². The Morgan fingerprint density at radius 1 is 1.35 bits per heavy atom. The minimum atomic E-state index is -0.178. The monoisotopic (exact) mass is 252 g/mol. The molecular weight excluding hydrogens is 236 g/mol. The summed E-state index contributed by atoms with van der Waals surface area (Å²) in [5, 5.41) is 5.20. The molecule has 2 amide bonds. The van der Waals surface area contributed by atoms with Gasteiger partial charge in [0.2, 0.25) is 5.91 Å². The van der Waals surface area contributed by atoms with Crippen LogP contribution in [0.25, 0.3) is 0 Å². The number of benzene rings is 1. The first kappa shape index (κ1) is 13.6. The first-order valence-corrected chi connectivity index (χ1v) is 5.77. The highest BCUT2D eigenvalue weighted by Crippen LogP contribution is 2.13. The first-order chi connectivity index (χ1) is 8.04. The van der Waals surface area contributed by atoms with Crippen molar-refractivity contribution in [3.8, 4) is 0 Å². The fourth-order valence-corrected chi connectivity index (χ4v) is 1.57. The molecule has 0 aliphatic heterocycles. The molecule has 0 aliphatic rings. The topological polar surface area (TPSA) is 58.2 Å². The summed E-state index contributed by atoms with van der Waals surface area (Å²) < 4.78 is 0. The van der Waals surface area contributed by atoms with Crippen molar-refractivity contribution in [2.75, 3.05) is 13.6 Å². The molecule has 92 valence electrons. The van der Waals surface area contributed by atoms with Gasteiger partial charge in [0.25, 0.3) is 5.91 Å². The van der Waals surface area contributed by atoms with E-state index in [-0.39, 0.29) is 18.2 Å². The van der Waals surface area contributed by atoms with Gasteiger partial charge >= 0.3 is 0 Å². The standard InChI is InChI=1S/C12H16N2O2S/c1-8-3-4-9(17)7-10(8)12(16)14-6-5-11(15)13-2/h3-4,7,17H,5-6H2,1-2H3,(H,13,15)(H,14,16). The molecule has 1 aromatic carbocycles. The molecule has 0 spiro atoms. The van der Waals surface area contributed by atoms with Gasteiger partial charge in [0.05, 0.1) is 0 Å². The van der Waals surface area contributed by atoms with Crippen LogP contribution in [-0.2, 0) is 4.79 Å². The largest absolute Gasteiger partial charge is 0.359 e. The number of rotatable bonds is 4. The summed E-state index contributed by atoms with van der Waals surface area (Å²) in [7, 11) is 1.57. The van der Waals surface area contributed by atoms with Crippen LogP contribution in [0.4, 0.5) is 0 Å². The molecular formula is C12H16N2O2S. The summed E-state index contributed by atoms with van der Waals surface area (Å²) >= 11 is 4.19. The zero-order valence-corrected chi connectivity index (χ0v) is 10.8. The zero-order valence-electron chi connectivity index (χ0n) is 9.91. The van der Waals surface area contributed by atoms with Crippen LogP contribution in [0.3, 0.4) is 0 Å². The summed E-state index contributed by atoms with van der Waals surface area (Å²) in [5.41, 5.74) is 1.48. The highest BCUT2D eigenvalue weighted by Gasteiger charge is 2.09. The van der Waals surface area contributed by atoms with Crippen LogP contribution < -0.4 is 10.6 Å². The summed E-state index contributed by atoms with van der Waals surface area (Å²) in [6.07, 6.45) is 0.280. The van der Waals surface area contributed by atoms with E-state index in [1.54, 1.807) is 13.1 Å². The van der Waals surface area contributed by atoms with Gasteiger partial charge in [-0.15, -0.1) is 12.6 Å². The van der Waals surface area contributed by atoms with Crippen LogP contribution in [0, 0.1) is 6.92 Å². The Morgan fingerprint density at radius 2 is 2.06 bits per heavy atom. The summed E-state index contributed by atoms with van der Waals surface area (Å²) in [6, 6.07) is 5.39. The van der Waals surface area contributed by atoms with Crippen LogP contribution in [0.15, 0.2) is 23.1 Å². The lowest BCUT2D eigenvalue weighted by atomic mass is 10.1. The van der Waals surface area contributed by atoms with Crippen molar-refractivity contribution in [3.63, 3.8) is 0 Å². The highest BCUT2D eigenvalue weighted by molar-refractivity contribution is 7.80. The molecule has 0 saturated heterocycles. The lowest BCUT2D eigenvalue weighted by Crippen LogP contribution is -2.29. The van der Waals surface area contributed by atoms with Crippen molar-refractivity contribution >= 4 is 24.4 Å². The minimum Gasteiger partial charge on any atom is -0.359 e. The Balaban J connectivity index is 2.58. The predicted octanol–water partition coefficient (Wildman–Crippen LogP) is 1.15. The predicted molar refractivity (Wildman–Crippen MR) is 69.4 cm³/mol. The minimum absolute atomic E-state index is 0.0926. The van der Waals surface area contributed by atoms with Gasteiger partial charge in [-0.3, -0.25) is 9.59 Å². The molecule has 0 fully saturated rings. The Hall–Kier alpha value is -1.49. The molecule has 0 unspecified atom stereocenters. The summed E-state index contributed by atoms with van der Waals surface area (Å²) in [6.45, 7) is 2.19. The Kier molecular flexibility index (Phi) is 5.03. The Bertz CT molecular complexity index is 433. The second-order valence-corrected chi connectivity index (χ2v) is 4.19. The van der Waals surface area contributed by atoms with E-state index in [9.17, 15) is 9.59 Å². The average Bonchev–Trinajstić information content (AvgIpc) is 2.31. The van der Waals surface area contributed by atoms with E-state index in [0.717, 1.165) is 10.5 Å². The number of nitrogens with one attached hydrogen (secondary N) is 2. The number of aryl methyl sites for hydroxylation is 1. The average molecular weight is 252 g/mol. The normalized spacial score (nSPS) is 9.82. The third-order valence-corrected chi connectivity index (χ3v) is 2.66. The van der Waals surface area contributed by atoms with Crippen LogP contribution in [0.2, 0.25) is 0 Å². The maximum atomic E-state index is 11.8. The molecule has 0 bridgehead atoms. The van der Waals surface area contributed by atoms with Crippen molar-refractivity contribution in [2.45, 2.75) is 18.2 Å². The van der Waals surface area contributed by atoms with Gasteiger partial charge in [-0.05, 0) is 24.6 Å². The molecule has 2 N–H and O–H groups in total. The molecule has 0 aliphatic carbocycles. The lowest BCUT2D eigenvalue weighted by molar-refractivity contribution is -0.120. The molecule has 0 radical (unpaired) electrons. The molecule has 0 heterocycles. The first-order valence-electron chi connectivity index (χ1n) is 5.33. The van der Waals surface area contributed by atoms with Gasteiger partial charge in [-0.2, -0.15) is 0 Å². The van der Waals surface area contributed by atoms with Gasteiger partial charge in [-0.25, -0.2) is 0 Å². The van der Waals surface area contributed by atoms with Crippen LogP contribution in [0.5, 0.6) is 0 Å². The van der Waals surface area contributed by atoms with Gasteiger partial charge in [0.15, 0.2) is 0 Å². The van der Waals surface area contributed by atoms with E-state index in [1.165, 1.54) is 0 Å². The van der Waals surface area contributed by atoms with Gasteiger partial charge < -0.3 is 10.6 Å². The molecule has 0 saturated carbocycles. The van der Waals surface area contributed by atoms with Gasteiger partial charge in [0.1, 0.15) is 0 Å². The highest BCUT2D eigenvalue weighted by atomic mass is 32.1. The van der Waals surface area contributed by atoms with Crippen LogP contribution >= 0.6 is 12.6 Å². The third-order valence-electron chi connectivity index (χ3n) is 2.38. The van der Waals surface area contributed by atoms with Crippen LogP contribution in [-0.4, -0.2) is 25.4 Å². The van der Waals surface area contributed by atoms with Crippen LogP contribution in [0.1, 0.15) is 22.3 Å². The smallest absolute Gasteiger partial charge is 0.251 e. The Morgan fingerprint density at radius 3 is 2.71 bits per heavy atom. The fourth-order valence-electron chi connectivity index (χ4n) is 1.36. The molecule has 17 heavy (non-hydrogen) atoms. The number of amides is 2. The van der Waals surface area contributed by atoms with Crippen molar-refractivity contribution in [2.24, 2.45) is 0 Å². The lowest BCUT2D eigenvalue weighted by Gasteiger charge is -2.07. The molecule has 0 atom stereocenters. The second kappa shape index (κ2) is 6.30. The van der Waals surface area contributed by atoms with Crippen molar-refractivity contribution in [3.05, 3.63) is 29.3 Å². The fraction of sp³-hybridized carbons (Fsp3) is 0.333. The molecule has 0 aromatic heterocycles. The van der Waals surface area contributed by atoms with E-state index in [0.29, 0.717) is 12.1 Å². The number of hydrogen-bond acceptors (Lipinski definition) is 3. The quantitative estimate of drug-likeness (QED) is 0.704. The number of hydrogen-bond donors (Lipinski definition) is 3. The summed E-state index contributed by atoms with van der Waals surface area (Å²) in [4.78, 5) is 23.5. The second-order valence-electron chi connectivity index (χ2n) is 3.68. The van der Waals surface area contributed by atoms with E-state index in [1.807, 2.05) is 19.1 Å². The number of carbonyl (C=O) groups is 2. The summed E-state index contributed by atoms with van der Waals surface area (Å²) in [5.74, 6) is -0.271. The van der Waals surface area contributed by atoms with Crippen molar-refractivity contribution in [1.82, 2.24) is 10.6 Å².